The Morgan fingerprint density at radius 2 is 1.73 bits per heavy atom. The zero-order valence-corrected chi connectivity index (χ0v) is 12.7. The summed E-state index contributed by atoms with van der Waals surface area (Å²) >= 11 is 0. The van der Waals surface area contributed by atoms with Gasteiger partial charge in [-0.25, -0.2) is 0 Å². The molecule has 5 nitrogen and oxygen atoms in total. The van der Waals surface area contributed by atoms with Crippen LogP contribution >= 0.6 is 0 Å². The van der Waals surface area contributed by atoms with Gasteiger partial charge in [-0.3, -0.25) is 0 Å². The largest absolute Gasteiger partial charge is 0.493 e. The van der Waals surface area contributed by atoms with Crippen LogP contribution in [0.1, 0.15) is 5.56 Å². The minimum atomic E-state index is 0.444. The Kier molecular flexibility index (Phi) is 3.78. The predicted molar refractivity (Wildman–Crippen MR) is 83.0 cm³/mol. The quantitative estimate of drug-likeness (QED) is 0.734. The summed E-state index contributed by atoms with van der Waals surface area (Å²) in [5.74, 6) is 2.29. The van der Waals surface area contributed by atoms with E-state index < -0.39 is 0 Å². The molecule has 0 amide bonds. The van der Waals surface area contributed by atoms with Crippen molar-refractivity contribution in [3.63, 3.8) is 0 Å². The maximum Gasteiger partial charge on any atom is 0.258 e. The first kappa shape index (κ1) is 14.1. The van der Waals surface area contributed by atoms with Gasteiger partial charge < -0.3 is 14.0 Å². The molecule has 0 bridgehead atoms. The first-order chi connectivity index (χ1) is 10.7. The van der Waals surface area contributed by atoms with Gasteiger partial charge in [-0.2, -0.15) is 4.98 Å². The zero-order chi connectivity index (χ0) is 15.5. The second kappa shape index (κ2) is 5.89. The molecule has 0 aliphatic rings. The van der Waals surface area contributed by atoms with Gasteiger partial charge in [-0.15, -0.1) is 0 Å². The minimum absolute atomic E-state index is 0.444. The molecule has 0 N–H and O–H groups in total. The highest BCUT2D eigenvalue weighted by molar-refractivity contribution is 5.64. The first-order valence-electron chi connectivity index (χ1n) is 6.85. The van der Waals surface area contributed by atoms with Gasteiger partial charge >= 0.3 is 0 Å². The monoisotopic (exact) mass is 296 g/mol. The Labute approximate surface area is 128 Å². The fraction of sp³-hybridized carbons (Fsp3) is 0.176. The maximum absolute atomic E-state index is 5.38. The van der Waals surface area contributed by atoms with E-state index in [2.05, 4.69) is 10.1 Å². The molecule has 2 aromatic carbocycles. The molecule has 0 saturated carbocycles. The summed E-state index contributed by atoms with van der Waals surface area (Å²) in [7, 11) is 3.19. The van der Waals surface area contributed by atoms with E-state index in [4.69, 9.17) is 14.0 Å². The van der Waals surface area contributed by atoms with E-state index in [9.17, 15) is 0 Å². The average molecular weight is 296 g/mol. The lowest BCUT2D eigenvalue weighted by Gasteiger charge is -2.07. The van der Waals surface area contributed by atoms with Crippen LogP contribution in [0.15, 0.2) is 47.0 Å². The molecule has 0 spiro atoms. The average Bonchev–Trinajstić information content (AvgIpc) is 3.04. The molecule has 1 heterocycles. The van der Waals surface area contributed by atoms with Crippen LogP contribution in [0.25, 0.3) is 22.8 Å². The van der Waals surface area contributed by atoms with E-state index in [0.29, 0.717) is 23.2 Å². The van der Waals surface area contributed by atoms with Crippen molar-refractivity contribution < 1.29 is 14.0 Å². The standard InChI is InChI=1S/C17H16N2O3/c1-11-6-4-5-7-13(11)16-18-17(22-19-16)12-8-9-14(20-2)15(10-12)21-3/h4-10H,1-3H3. The second-order valence-corrected chi connectivity index (χ2v) is 4.81. The van der Waals surface area contributed by atoms with E-state index >= 15 is 0 Å². The summed E-state index contributed by atoms with van der Waals surface area (Å²) in [6, 6.07) is 13.4. The van der Waals surface area contributed by atoms with Crippen molar-refractivity contribution in [3.05, 3.63) is 48.0 Å². The van der Waals surface area contributed by atoms with Gasteiger partial charge in [0.15, 0.2) is 11.5 Å². The summed E-state index contributed by atoms with van der Waals surface area (Å²) in [5, 5.41) is 4.06. The number of aryl methyl sites for hydroxylation is 1. The van der Waals surface area contributed by atoms with E-state index in [1.54, 1.807) is 14.2 Å². The highest BCUT2D eigenvalue weighted by Gasteiger charge is 2.14. The van der Waals surface area contributed by atoms with Crippen molar-refractivity contribution in [2.75, 3.05) is 14.2 Å². The second-order valence-electron chi connectivity index (χ2n) is 4.81. The van der Waals surface area contributed by atoms with Crippen LogP contribution < -0.4 is 9.47 Å². The van der Waals surface area contributed by atoms with Gasteiger partial charge in [0.05, 0.1) is 14.2 Å². The van der Waals surface area contributed by atoms with Crippen LogP contribution in [-0.4, -0.2) is 24.4 Å². The van der Waals surface area contributed by atoms with Crippen molar-refractivity contribution in [1.29, 1.82) is 0 Å². The van der Waals surface area contributed by atoms with E-state index in [1.807, 2.05) is 49.4 Å². The lowest BCUT2D eigenvalue weighted by atomic mass is 10.1. The van der Waals surface area contributed by atoms with Crippen LogP contribution in [0.3, 0.4) is 0 Å². The van der Waals surface area contributed by atoms with E-state index in [0.717, 1.165) is 16.7 Å². The fourth-order valence-corrected chi connectivity index (χ4v) is 2.24. The van der Waals surface area contributed by atoms with Crippen LogP contribution in [0.4, 0.5) is 0 Å². The molecule has 5 heteroatoms. The van der Waals surface area contributed by atoms with Gasteiger partial charge in [0, 0.05) is 11.1 Å². The molecule has 0 atom stereocenters. The van der Waals surface area contributed by atoms with Crippen molar-refractivity contribution >= 4 is 0 Å². The lowest BCUT2D eigenvalue weighted by Crippen LogP contribution is -1.91. The summed E-state index contributed by atoms with van der Waals surface area (Å²) in [4.78, 5) is 4.47. The molecule has 3 aromatic rings. The van der Waals surface area contributed by atoms with Gasteiger partial charge in [0.25, 0.3) is 5.89 Å². The molecule has 0 unspecified atom stereocenters. The third-order valence-electron chi connectivity index (χ3n) is 3.44. The number of hydrogen-bond donors (Lipinski definition) is 0. The number of aromatic nitrogens is 2. The van der Waals surface area contributed by atoms with Gasteiger partial charge in [-0.05, 0) is 30.7 Å². The first-order valence-corrected chi connectivity index (χ1v) is 6.85. The molecule has 1 aromatic heterocycles. The van der Waals surface area contributed by atoms with Gasteiger partial charge in [-0.1, -0.05) is 29.4 Å². The zero-order valence-electron chi connectivity index (χ0n) is 12.7. The Bertz CT molecular complexity index is 796. The lowest BCUT2D eigenvalue weighted by molar-refractivity contribution is 0.355. The number of methoxy groups -OCH3 is 2. The molecule has 112 valence electrons. The highest BCUT2D eigenvalue weighted by Crippen LogP contribution is 2.32. The van der Waals surface area contributed by atoms with Gasteiger partial charge in [0.1, 0.15) is 0 Å². The Hall–Kier alpha value is -2.82. The summed E-state index contributed by atoms with van der Waals surface area (Å²) in [6.07, 6.45) is 0. The Morgan fingerprint density at radius 3 is 2.45 bits per heavy atom. The van der Waals surface area contributed by atoms with Crippen LogP contribution in [0.5, 0.6) is 11.5 Å². The van der Waals surface area contributed by atoms with Crippen LogP contribution in [0, 0.1) is 6.92 Å². The number of benzene rings is 2. The predicted octanol–water partition coefficient (Wildman–Crippen LogP) is 3.73. The molecular weight excluding hydrogens is 280 g/mol. The number of nitrogens with zero attached hydrogens (tertiary/aromatic N) is 2. The molecule has 3 rings (SSSR count). The third kappa shape index (κ3) is 2.53. The van der Waals surface area contributed by atoms with Crippen LogP contribution in [-0.2, 0) is 0 Å². The number of hydrogen-bond acceptors (Lipinski definition) is 5. The topological polar surface area (TPSA) is 57.4 Å². The molecular formula is C17H16N2O3. The summed E-state index contributed by atoms with van der Waals surface area (Å²) in [5.41, 5.74) is 2.84. The SMILES string of the molecule is COc1ccc(-c2nc(-c3ccccc3C)no2)cc1OC. The molecule has 0 saturated heterocycles. The highest BCUT2D eigenvalue weighted by atomic mass is 16.5. The summed E-state index contributed by atoms with van der Waals surface area (Å²) in [6.45, 7) is 2.02. The number of ether oxygens (including phenoxy) is 2. The third-order valence-corrected chi connectivity index (χ3v) is 3.44. The van der Waals surface area contributed by atoms with E-state index in [-0.39, 0.29) is 0 Å². The van der Waals surface area contributed by atoms with Crippen LogP contribution in [0.2, 0.25) is 0 Å². The molecule has 0 radical (unpaired) electrons. The number of rotatable bonds is 4. The van der Waals surface area contributed by atoms with Gasteiger partial charge in [0.2, 0.25) is 5.82 Å². The Balaban J connectivity index is 1.99. The van der Waals surface area contributed by atoms with Crippen molar-refractivity contribution in [1.82, 2.24) is 10.1 Å². The van der Waals surface area contributed by atoms with Crippen molar-refractivity contribution in [3.8, 4) is 34.3 Å². The van der Waals surface area contributed by atoms with Crippen molar-refractivity contribution in [2.45, 2.75) is 6.92 Å². The molecule has 0 aliphatic heterocycles. The minimum Gasteiger partial charge on any atom is -0.493 e. The van der Waals surface area contributed by atoms with Crippen molar-refractivity contribution in [2.24, 2.45) is 0 Å². The molecule has 0 aliphatic carbocycles. The van der Waals surface area contributed by atoms with E-state index in [1.165, 1.54) is 0 Å². The summed E-state index contributed by atoms with van der Waals surface area (Å²) < 4.78 is 15.9. The fourth-order valence-electron chi connectivity index (χ4n) is 2.24. The maximum atomic E-state index is 5.38. The Morgan fingerprint density at radius 1 is 0.955 bits per heavy atom. The molecule has 22 heavy (non-hydrogen) atoms. The smallest absolute Gasteiger partial charge is 0.258 e. The normalized spacial score (nSPS) is 10.5. The molecule has 0 fully saturated rings.